The third kappa shape index (κ3) is 7.85. The monoisotopic (exact) mass is 272 g/mol. The van der Waals surface area contributed by atoms with Crippen LogP contribution in [0.1, 0.15) is 66.2 Å². The third-order valence-corrected chi connectivity index (χ3v) is 3.62. The zero-order chi connectivity index (χ0) is 14.9. The van der Waals surface area contributed by atoms with Gasteiger partial charge in [0.2, 0.25) is 0 Å². The van der Waals surface area contributed by atoms with E-state index in [1.165, 1.54) is 19.3 Å². The third-order valence-electron chi connectivity index (χ3n) is 3.62. The van der Waals surface area contributed by atoms with E-state index < -0.39 is 17.3 Å². The lowest BCUT2D eigenvalue weighted by Gasteiger charge is -2.28. The van der Waals surface area contributed by atoms with Crippen LogP contribution in [0.3, 0.4) is 0 Å². The standard InChI is InChI=1S/C15H28O4/c1-5-6-7-8-9-10-19-14(18)12(2)15(3,4)11-13(16)17/h12H,5-11H2,1-4H3,(H,16,17). The smallest absolute Gasteiger partial charge is 0.309 e. The van der Waals surface area contributed by atoms with Crippen molar-refractivity contribution >= 4 is 11.9 Å². The highest BCUT2D eigenvalue weighted by Crippen LogP contribution is 2.31. The summed E-state index contributed by atoms with van der Waals surface area (Å²) >= 11 is 0. The zero-order valence-electron chi connectivity index (χ0n) is 12.7. The van der Waals surface area contributed by atoms with Crippen LogP contribution in [0.15, 0.2) is 0 Å². The van der Waals surface area contributed by atoms with Gasteiger partial charge in [0, 0.05) is 0 Å². The van der Waals surface area contributed by atoms with Crippen molar-refractivity contribution in [2.24, 2.45) is 11.3 Å². The number of esters is 1. The zero-order valence-corrected chi connectivity index (χ0v) is 12.7. The lowest BCUT2D eigenvalue weighted by molar-refractivity contribution is -0.153. The number of carboxylic acids is 1. The summed E-state index contributed by atoms with van der Waals surface area (Å²) in [6.45, 7) is 7.91. The van der Waals surface area contributed by atoms with Gasteiger partial charge < -0.3 is 9.84 Å². The predicted molar refractivity (Wildman–Crippen MR) is 74.9 cm³/mol. The van der Waals surface area contributed by atoms with E-state index >= 15 is 0 Å². The van der Waals surface area contributed by atoms with Crippen molar-refractivity contribution in [3.8, 4) is 0 Å². The maximum atomic E-state index is 11.8. The van der Waals surface area contributed by atoms with E-state index in [0.29, 0.717) is 6.61 Å². The van der Waals surface area contributed by atoms with E-state index in [0.717, 1.165) is 12.8 Å². The number of hydrogen-bond acceptors (Lipinski definition) is 3. The van der Waals surface area contributed by atoms with Crippen LogP contribution >= 0.6 is 0 Å². The number of hydrogen-bond donors (Lipinski definition) is 1. The normalized spacial score (nSPS) is 13.1. The van der Waals surface area contributed by atoms with Crippen molar-refractivity contribution in [2.45, 2.75) is 66.2 Å². The minimum Gasteiger partial charge on any atom is -0.481 e. The van der Waals surface area contributed by atoms with Gasteiger partial charge in [-0.1, -0.05) is 53.4 Å². The van der Waals surface area contributed by atoms with Crippen LogP contribution < -0.4 is 0 Å². The maximum Gasteiger partial charge on any atom is 0.309 e. The van der Waals surface area contributed by atoms with Crippen LogP contribution in [0.5, 0.6) is 0 Å². The molecule has 0 saturated carbocycles. The fraction of sp³-hybridized carbons (Fsp3) is 0.867. The van der Waals surface area contributed by atoms with Crippen LogP contribution in [-0.4, -0.2) is 23.7 Å². The molecule has 0 bridgehead atoms. The molecule has 0 saturated heterocycles. The minimum atomic E-state index is -0.885. The molecular weight excluding hydrogens is 244 g/mol. The van der Waals surface area contributed by atoms with Crippen molar-refractivity contribution in [1.82, 2.24) is 0 Å². The minimum absolute atomic E-state index is 0.0280. The van der Waals surface area contributed by atoms with Crippen LogP contribution in [0.25, 0.3) is 0 Å². The quantitative estimate of drug-likeness (QED) is 0.487. The Balaban J connectivity index is 3.96. The molecule has 112 valence electrons. The number of rotatable bonds is 10. The molecule has 0 aliphatic rings. The van der Waals surface area contributed by atoms with E-state index in [9.17, 15) is 9.59 Å². The summed E-state index contributed by atoms with van der Waals surface area (Å²) in [5.74, 6) is -1.58. The van der Waals surface area contributed by atoms with Gasteiger partial charge in [-0.2, -0.15) is 0 Å². The van der Waals surface area contributed by atoms with Gasteiger partial charge in [-0.3, -0.25) is 9.59 Å². The Labute approximate surface area is 116 Å². The molecule has 4 nitrogen and oxygen atoms in total. The molecule has 0 rings (SSSR count). The second-order valence-electron chi connectivity index (χ2n) is 5.86. The van der Waals surface area contributed by atoms with Crippen molar-refractivity contribution in [3.05, 3.63) is 0 Å². The summed E-state index contributed by atoms with van der Waals surface area (Å²) in [6.07, 6.45) is 5.52. The van der Waals surface area contributed by atoms with Gasteiger partial charge in [-0.25, -0.2) is 0 Å². The largest absolute Gasteiger partial charge is 0.481 e. The molecule has 0 aliphatic carbocycles. The Morgan fingerprint density at radius 2 is 1.74 bits per heavy atom. The molecule has 0 aliphatic heterocycles. The Morgan fingerprint density at radius 1 is 1.16 bits per heavy atom. The first-order chi connectivity index (χ1) is 8.81. The summed E-state index contributed by atoms with van der Waals surface area (Å²) in [5, 5.41) is 8.82. The van der Waals surface area contributed by atoms with Gasteiger partial charge >= 0.3 is 11.9 Å². The number of carboxylic acid groups (broad SMARTS) is 1. The fourth-order valence-electron chi connectivity index (χ4n) is 1.87. The summed E-state index contributed by atoms with van der Waals surface area (Å²) in [5.41, 5.74) is -0.578. The highest BCUT2D eigenvalue weighted by molar-refractivity contribution is 5.75. The maximum absolute atomic E-state index is 11.8. The van der Waals surface area contributed by atoms with Crippen molar-refractivity contribution < 1.29 is 19.4 Å². The molecule has 1 atom stereocenters. The molecule has 1 unspecified atom stereocenters. The lowest BCUT2D eigenvalue weighted by Crippen LogP contribution is -2.32. The van der Waals surface area contributed by atoms with Gasteiger partial charge in [-0.05, 0) is 11.8 Å². The molecule has 0 radical (unpaired) electrons. The lowest BCUT2D eigenvalue weighted by atomic mass is 9.77. The Hall–Kier alpha value is -1.06. The molecule has 0 aromatic heterocycles. The first kappa shape index (κ1) is 17.9. The van der Waals surface area contributed by atoms with Gasteiger partial charge in [-0.15, -0.1) is 0 Å². The summed E-state index contributed by atoms with van der Waals surface area (Å²) in [4.78, 5) is 22.6. The van der Waals surface area contributed by atoms with E-state index in [4.69, 9.17) is 9.84 Å². The van der Waals surface area contributed by atoms with Crippen LogP contribution in [0.4, 0.5) is 0 Å². The molecule has 0 aromatic carbocycles. The molecule has 0 aromatic rings. The van der Waals surface area contributed by atoms with Gasteiger partial charge in [0.05, 0.1) is 18.9 Å². The number of carbonyl (C=O) groups is 2. The number of ether oxygens (including phenoxy) is 1. The fourth-order valence-corrected chi connectivity index (χ4v) is 1.87. The summed E-state index contributed by atoms with van der Waals surface area (Å²) < 4.78 is 5.22. The Bertz CT molecular complexity index is 284. The SMILES string of the molecule is CCCCCCCOC(=O)C(C)C(C)(C)CC(=O)O. The van der Waals surface area contributed by atoms with Crippen molar-refractivity contribution in [3.63, 3.8) is 0 Å². The van der Waals surface area contributed by atoms with E-state index in [-0.39, 0.29) is 12.4 Å². The van der Waals surface area contributed by atoms with Crippen molar-refractivity contribution in [1.29, 1.82) is 0 Å². The molecule has 1 N–H and O–H groups in total. The average molecular weight is 272 g/mol. The second-order valence-corrected chi connectivity index (χ2v) is 5.86. The van der Waals surface area contributed by atoms with Crippen LogP contribution in [-0.2, 0) is 14.3 Å². The van der Waals surface area contributed by atoms with Gasteiger partial charge in [0.15, 0.2) is 0 Å². The van der Waals surface area contributed by atoms with Crippen LogP contribution in [0.2, 0.25) is 0 Å². The number of carbonyl (C=O) groups excluding carboxylic acids is 1. The average Bonchev–Trinajstić information content (AvgIpc) is 2.30. The highest BCUT2D eigenvalue weighted by atomic mass is 16.5. The molecular formula is C15H28O4. The molecule has 0 amide bonds. The van der Waals surface area contributed by atoms with Crippen LogP contribution in [0, 0.1) is 11.3 Å². The highest BCUT2D eigenvalue weighted by Gasteiger charge is 2.34. The molecule has 0 spiro atoms. The molecule has 0 fully saturated rings. The molecule has 4 heteroatoms. The second kappa shape index (κ2) is 8.94. The summed E-state index contributed by atoms with van der Waals surface area (Å²) in [7, 11) is 0. The Kier molecular flexibility index (Phi) is 8.44. The first-order valence-corrected chi connectivity index (χ1v) is 7.19. The first-order valence-electron chi connectivity index (χ1n) is 7.19. The van der Waals surface area contributed by atoms with E-state index in [2.05, 4.69) is 6.92 Å². The summed E-state index contributed by atoms with van der Waals surface area (Å²) in [6, 6.07) is 0. The Morgan fingerprint density at radius 3 is 2.26 bits per heavy atom. The number of unbranched alkanes of at least 4 members (excludes halogenated alkanes) is 4. The van der Waals surface area contributed by atoms with E-state index in [1.807, 2.05) is 0 Å². The predicted octanol–water partition coefficient (Wildman–Crippen LogP) is 3.64. The van der Waals surface area contributed by atoms with Gasteiger partial charge in [0.25, 0.3) is 0 Å². The molecule has 0 heterocycles. The van der Waals surface area contributed by atoms with Gasteiger partial charge in [0.1, 0.15) is 0 Å². The molecule has 19 heavy (non-hydrogen) atoms. The van der Waals surface area contributed by atoms with E-state index in [1.54, 1.807) is 20.8 Å². The number of aliphatic carboxylic acids is 1. The topological polar surface area (TPSA) is 63.6 Å². The van der Waals surface area contributed by atoms with Crippen molar-refractivity contribution in [2.75, 3.05) is 6.61 Å².